The lowest BCUT2D eigenvalue weighted by molar-refractivity contribution is -0.123. The highest BCUT2D eigenvalue weighted by Gasteiger charge is 2.41. The standard InChI is InChI=1S/C31H31N5O3/c37-18-36-22-9-10-23(36)17-25(16-22)39-24-11-6-19(7-12-24)29-26-15-21(8-13-27(26)34-35-29)31(38)33-30(20-4-5-20)28-3-1-2-14-32-28/h1-3,6-8,11-15,18,20,22-23,25,30H,4-5,9-10,16-17H2,(H,33,38)(H,34,35)/t22-,23+,25?,30?. The molecule has 8 heteroatoms. The summed E-state index contributed by atoms with van der Waals surface area (Å²) >= 11 is 0. The van der Waals surface area contributed by atoms with Gasteiger partial charge in [-0.1, -0.05) is 6.07 Å². The van der Waals surface area contributed by atoms with Gasteiger partial charge in [-0.2, -0.15) is 5.10 Å². The van der Waals surface area contributed by atoms with Gasteiger partial charge in [-0.3, -0.25) is 19.7 Å². The van der Waals surface area contributed by atoms with Crippen LogP contribution < -0.4 is 10.1 Å². The Kier molecular flexibility index (Phi) is 6.02. The van der Waals surface area contributed by atoms with Crippen molar-refractivity contribution in [3.05, 3.63) is 78.1 Å². The van der Waals surface area contributed by atoms with Gasteiger partial charge in [-0.15, -0.1) is 0 Å². The van der Waals surface area contributed by atoms with Crippen LogP contribution in [0.5, 0.6) is 5.75 Å². The van der Waals surface area contributed by atoms with E-state index in [1.165, 1.54) is 0 Å². The predicted molar refractivity (Wildman–Crippen MR) is 147 cm³/mol. The third kappa shape index (κ3) is 4.64. The second kappa shape index (κ2) is 9.84. The van der Waals surface area contributed by atoms with Gasteiger partial charge in [0.1, 0.15) is 11.9 Å². The zero-order valence-electron chi connectivity index (χ0n) is 21.6. The number of fused-ring (bicyclic) bond motifs is 3. The fourth-order valence-corrected chi connectivity index (χ4v) is 6.34. The molecule has 0 spiro atoms. The van der Waals surface area contributed by atoms with Crippen LogP contribution in [0.25, 0.3) is 22.2 Å². The molecule has 8 nitrogen and oxygen atoms in total. The number of H-pyrrole nitrogens is 1. The molecule has 2 bridgehead atoms. The van der Waals surface area contributed by atoms with E-state index < -0.39 is 0 Å². The molecule has 198 valence electrons. The summed E-state index contributed by atoms with van der Waals surface area (Å²) in [6.07, 6.45) is 9.01. The van der Waals surface area contributed by atoms with Crippen LogP contribution in [0.15, 0.2) is 66.9 Å². The first-order valence-electron chi connectivity index (χ1n) is 13.9. The number of aromatic nitrogens is 3. The maximum atomic E-state index is 13.3. The number of nitrogens with zero attached hydrogens (tertiary/aromatic N) is 3. The van der Waals surface area contributed by atoms with E-state index in [1.54, 1.807) is 6.20 Å². The number of benzene rings is 2. The van der Waals surface area contributed by atoms with Gasteiger partial charge < -0.3 is 15.0 Å². The number of rotatable bonds is 8. The van der Waals surface area contributed by atoms with Crippen LogP contribution >= 0.6 is 0 Å². The second-order valence-corrected chi connectivity index (χ2v) is 11.0. The molecule has 2 amide bonds. The Morgan fingerprint density at radius 1 is 1.03 bits per heavy atom. The average molecular weight is 522 g/mol. The topological polar surface area (TPSA) is 100 Å². The number of pyridine rings is 1. The largest absolute Gasteiger partial charge is 0.490 e. The van der Waals surface area contributed by atoms with Crippen LogP contribution in [-0.4, -0.2) is 50.6 Å². The van der Waals surface area contributed by atoms with Crippen molar-refractivity contribution in [3.8, 4) is 17.0 Å². The van der Waals surface area contributed by atoms with Gasteiger partial charge in [0.05, 0.1) is 22.9 Å². The first-order chi connectivity index (χ1) is 19.2. The predicted octanol–water partition coefficient (Wildman–Crippen LogP) is 5.04. The van der Waals surface area contributed by atoms with Gasteiger partial charge in [0, 0.05) is 47.6 Å². The van der Waals surface area contributed by atoms with Crippen molar-refractivity contribution < 1.29 is 14.3 Å². The molecule has 1 aliphatic carbocycles. The molecule has 1 saturated carbocycles. The van der Waals surface area contributed by atoms with Crippen LogP contribution in [0, 0.1) is 5.92 Å². The molecule has 7 rings (SSSR count). The second-order valence-electron chi connectivity index (χ2n) is 11.0. The third-order valence-corrected chi connectivity index (χ3v) is 8.51. The van der Waals surface area contributed by atoms with E-state index in [1.807, 2.05) is 65.6 Å². The maximum Gasteiger partial charge on any atom is 0.251 e. The lowest BCUT2D eigenvalue weighted by atomic mass is 10.0. The molecule has 4 heterocycles. The normalized spacial score (nSPS) is 23.0. The summed E-state index contributed by atoms with van der Waals surface area (Å²) in [6.45, 7) is 0. The number of carbonyl (C=O) groups excluding carboxylic acids is 2. The van der Waals surface area contributed by atoms with Gasteiger partial charge in [0.2, 0.25) is 6.41 Å². The van der Waals surface area contributed by atoms with E-state index in [2.05, 4.69) is 20.5 Å². The summed E-state index contributed by atoms with van der Waals surface area (Å²) in [5.74, 6) is 1.15. The highest BCUT2D eigenvalue weighted by Crippen LogP contribution is 2.41. The first kappa shape index (κ1) is 23.9. The van der Waals surface area contributed by atoms with Gasteiger partial charge in [-0.25, -0.2) is 0 Å². The molecule has 2 unspecified atom stereocenters. The molecule has 0 radical (unpaired) electrons. The number of hydrogen-bond donors (Lipinski definition) is 2. The Hall–Kier alpha value is -4.20. The summed E-state index contributed by atoms with van der Waals surface area (Å²) in [5.41, 5.74) is 4.13. The molecule has 39 heavy (non-hydrogen) atoms. The quantitative estimate of drug-likeness (QED) is 0.317. The molecular weight excluding hydrogens is 490 g/mol. The van der Waals surface area contributed by atoms with Crippen molar-refractivity contribution in [3.63, 3.8) is 0 Å². The minimum atomic E-state index is -0.107. The zero-order chi connectivity index (χ0) is 26.3. The Morgan fingerprint density at radius 2 is 1.82 bits per heavy atom. The smallest absolute Gasteiger partial charge is 0.251 e. The van der Waals surface area contributed by atoms with Gasteiger partial charge in [0.25, 0.3) is 5.91 Å². The van der Waals surface area contributed by atoms with Crippen LogP contribution in [-0.2, 0) is 4.79 Å². The molecule has 4 aromatic rings. The van der Waals surface area contributed by atoms with E-state index in [-0.39, 0.29) is 18.1 Å². The zero-order valence-corrected chi connectivity index (χ0v) is 21.6. The molecule has 2 saturated heterocycles. The molecule has 3 aliphatic rings. The average Bonchev–Trinajstić information content (AvgIpc) is 3.67. The van der Waals surface area contributed by atoms with Gasteiger partial charge in [-0.05, 0) is 86.2 Å². The van der Waals surface area contributed by atoms with Crippen LogP contribution in [0.2, 0.25) is 0 Å². The lowest BCUT2D eigenvalue weighted by Gasteiger charge is -2.36. The van der Waals surface area contributed by atoms with Crippen molar-refractivity contribution in [1.82, 2.24) is 25.4 Å². The Balaban J connectivity index is 1.08. The monoisotopic (exact) mass is 521 g/mol. The van der Waals surface area contributed by atoms with Crippen molar-refractivity contribution in [2.75, 3.05) is 0 Å². The van der Waals surface area contributed by atoms with Crippen molar-refractivity contribution in [1.29, 1.82) is 0 Å². The summed E-state index contributed by atoms with van der Waals surface area (Å²) < 4.78 is 6.31. The number of aromatic amines is 1. The van der Waals surface area contributed by atoms with Crippen molar-refractivity contribution in [2.45, 2.75) is 62.8 Å². The third-order valence-electron chi connectivity index (χ3n) is 8.51. The fraction of sp³-hybridized carbons (Fsp3) is 0.355. The van der Waals surface area contributed by atoms with Crippen molar-refractivity contribution in [2.24, 2.45) is 5.92 Å². The van der Waals surface area contributed by atoms with Crippen LogP contribution in [0.3, 0.4) is 0 Å². The minimum Gasteiger partial charge on any atom is -0.490 e. The van der Waals surface area contributed by atoms with E-state index in [4.69, 9.17) is 4.74 Å². The summed E-state index contributed by atoms with van der Waals surface area (Å²) in [4.78, 5) is 31.1. The molecule has 2 aromatic carbocycles. The van der Waals surface area contributed by atoms with Gasteiger partial charge in [0.15, 0.2) is 0 Å². The Bertz CT molecular complexity index is 1480. The molecular formula is C31H31N5O3. The summed E-state index contributed by atoms with van der Waals surface area (Å²) in [6, 6.07) is 20.0. The van der Waals surface area contributed by atoms with Crippen LogP contribution in [0.4, 0.5) is 0 Å². The van der Waals surface area contributed by atoms with Crippen molar-refractivity contribution >= 4 is 23.2 Å². The number of nitrogens with one attached hydrogen (secondary N) is 2. The molecule has 2 aromatic heterocycles. The SMILES string of the molecule is O=CN1[C@@H]2CC[C@H]1CC(Oc1ccc(-c3n[nH]c4ccc(C(=O)NC(c5ccccn5)C5CC5)cc34)cc1)C2. The molecule has 4 atom stereocenters. The lowest BCUT2D eigenvalue weighted by Crippen LogP contribution is -2.45. The summed E-state index contributed by atoms with van der Waals surface area (Å²) in [7, 11) is 0. The van der Waals surface area contributed by atoms with E-state index in [0.29, 0.717) is 23.6 Å². The Labute approximate surface area is 226 Å². The molecule has 2 aliphatic heterocycles. The van der Waals surface area contributed by atoms with E-state index in [0.717, 1.165) is 78.5 Å². The highest BCUT2D eigenvalue weighted by atomic mass is 16.5. The Morgan fingerprint density at radius 3 is 2.51 bits per heavy atom. The van der Waals surface area contributed by atoms with E-state index in [9.17, 15) is 9.59 Å². The maximum absolute atomic E-state index is 13.3. The number of amides is 2. The molecule has 2 N–H and O–H groups in total. The number of ether oxygens (including phenoxy) is 1. The number of carbonyl (C=O) groups is 2. The van der Waals surface area contributed by atoms with Crippen LogP contribution in [0.1, 0.15) is 60.6 Å². The van der Waals surface area contributed by atoms with Gasteiger partial charge >= 0.3 is 0 Å². The fourth-order valence-electron chi connectivity index (χ4n) is 6.34. The minimum absolute atomic E-state index is 0.0772. The first-order valence-corrected chi connectivity index (χ1v) is 13.9. The van der Waals surface area contributed by atoms with E-state index >= 15 is 0 Å². The summed E-state index contributed by atoms with van der Waals surface area (Å²) in [5, 5.41) is 11.8. The number of hydrogen-bond acceptors (Lipinski definition) is 5. The highest BCUT2D eigenvalue weighted by molar-refractivity contribution is 6.01. The molecule has 3 fully saturated rings. The number of piperidine rings is 1.